The normalized spacial score (nSPS) is 17.7. The number of rotatable bonds is 2. The molecule has 2 aromatic rings. The van der Waals surface area contributed by atoms with Crippen molar-refractivity contribution in [3.63, 3.8) is 0 Å². The van der Waals surface area contributed by atoms with Crippen molar-refractivity contribution >= 4 is 17.6 Å². The fourth-order valence-electron chi connectivity index (χ4n) is 2.96. The zero-order chi connectivity index (χ0) is 17.8. The first-order valence-electron chi connectivity index (χ1n) is 8.39. The van der Waals surface area contributed by atoms with E-state index in [-0.39, 0.29) is 11.9 Å². The third-order valence-electron chi connectivity index (χ3n) is 4.19. The molecule has 3 rings (SSSR count). The van der Waals surface area contributed by atoms with Gasteiger partial charge in [-0.15, -0.1) is 0 Å². The van der Waals surface area contributed by atoms with E-state index in [1.807, 2.05) is 0 Å². The molecular weight excluding hydrogens is 325 g/mol. The molecule has 0 saturated carbocycles. The van der Waals surface area contributed by atoms with Crippen LogP contribution in [0.25, 0.3) is 11.3 Å². The highest BCUT2D eigenvalue weighted by atomic mass is 19.1. The summed E-state index contributed by atoms with van der Waals surface area (Å²) in [5.74, 6) is -0.921. The number of amides is 1. The molecule has 0 spiro atoms. The number of halogens is 1. The van der Waals surface area contributed by atoms with Gasteiger partial charge in [0, 0.05) is 12.0 Å². The number of hydrogen-bond acceptors (Lipinski definition) is 4. The van der Waals surface area contributed by atoms with Crippen LogP contribution < -0.4 is 5.32 Å². The van der Waals surface area contributed by atoms with Gasteiger partial charge in [0.1, 0.15) is 17.6 Å². The summed E-state index contributed by atoms with van der Waals surface area (Å²) in [5, 5.41) is 2.75. The number of aromatic nitrogens is 2. The highest BCUT2D eigenvalue weighted by Crippen LogP contribution is 2.31. The number of carbonyl (C=O) groups is 2. The van der Waals surface area contributed by atoms with Gasteiger partial charge in [-0.25, -0.2) is 9.37 Å². The van der Waals surface area contributed by atoms with E-state index in [0.29, 0.717) is 55.1 Å². The molecule has 1 atom stereocenters. The van der Waals surface area contributed by atoms with E-state index in [1.165, 1.54) is 12.1 Å². The highest BCUT2D eigenvalue weighted by molar-refractivity contribution is 5.95. The van der Waals surface area contributed by atoms with Gasteiger partial charge in [-0.2, -0.15) is 0 Å². The van der Waals surface area contributed by atoms with E-state index in [2.05, 4.69) is 15.3 Å². The predicted molar refractivity (Wildman–Crippen MR) is 90.5 cm³/mol. The van der Waals surface area contributed by atoms with E-state index in [9.17, 15) is 14.0 Å². The van der Waals surface area contributed by atoms with Crippen LogP contribution in [0, 0.1) is 5.82 Å². The molecule has 1 aromatic heterocycles. The zero-order valence-corrected chi connectivity index (χ0v) is 14.0. The van der Waals surface area contributed by atoms with E-state index in [1.54, 1.807) is 19.2 Å². The van der Waals surface area contributed by atoms with Crippen molar-refractivity contribution in [2.24, 2.45) is 0 Å². The van der Waals surface area contributed by atoms with Gasteiger partial charge in [0.25, 0.3) is 0 Å². The molecule has 2 N–H and O–H groups in total. The second-order valence-electron chi connectivity index (χ2n) is 5.97. The number of nitrogens with zero attached hydrogens (tertiary/aromatic N) is 1. The van der Waals surface area contributed by atoms with Crippen LogP contribution >= 0.6 is 0 Å². The highest BCUT2D eigenvalue weighted by Gasteiger charge is 2.26. The second-order valence-corrected chi connectivity index (χ2v) is 5.97. The summed E-state index contributed by atoms with van der Waals surface area (Å²) in [6.07, 6.45) is 3.75. The van der Waals surface area contributed by atoms with Crippen molar-refractivity contribution in [3.8, 4) is 11.3 Å². The molecule has 7 heteroatoms. The maximum Gasteiger partial charge on any atom is 0.316 e. The average molecular weight is 345 g/mol. The summed E-state index contributed by atoms with van der Waals surface area (Å²) in [6, 6.07) is 4.18. The number of benzene rings is 1. The molecule has 1 aliphatic heterocycles. The lowest BCUT2D eigenvalue weighted by Gasteiger charge is -2.15. The second kappa shape index (κ2) is 7.46. The summed E-state index contributed by atoms with van der Waals surface area (Å²) >= 11 is 0. The molecule has 0 fully saturated rings. The molecule has 132 valence electrons. The maximum absolute atomic E-state index is 13.6. The van der Waals surface area contributed by atoms with Gasteiger partial charge in [-0.1, -0.05) is 6.42 Å². The third kappa shape index (κ3) is 3.87. The quantitative estimate of drug-likeness (QED) is 0.817. The van der Waals surface area contributed by atoms with E-state index >= 15 is 0 Å². The van der Waals surface area contributed by atoms with Gasteiger partial charge in [0.2, 0.25) is 5.91 Å². The van der Waals surface area contributed by atoms with Crippen molar-refractivity contribution in [2.45, 2.75) is 38.5 Å². The Labute approximate surface area is 144 Å². The molecular formula is C18H20FN3O3. The predicted octanol–water partition coefficient (Wildman–Crippen LogP) is 3.38. The van der Waals surface area contributed by atoms with E-state index < -0.39 is 11.7 Å². The van der Waals surface area contributed by atoms with Gasteiger partial charge in [0.15, 0.2) is 0 Å². The van der Waals surface area contributed by atoms with Crippen LogP contribution in [0.2, 0.25) is 0 Å². The first kappa shape index (κ1) is 17.1. The fraction of sp³-hybridized carbons (Fsp3) is 0.389. The first-order valence-corrected chi connectivity index (χ1v) is 8.39. The molecule has 1 aromatic carbocycles. The minimum Gasteiger partial charge on any atom is -0.465 e. The number of carbonyl (C=O) groups excluding carboxylic acids is 2. The summed E-state index contributed by atoms with van der Waals surface area (Å²) in [4.78, 5) is 31.8. The van der Waals surface area contributed by atoms with Crippen molar-refractivity contribution in [2.75, 3.05) is 11.9 Å². The van der Waals surface area contributed by atoms with Crippen molar-refractivity contribution < 1.29 is 18.7 Å². The van der Waals surface area contributed by atoms with Gasteiger partial charge in [-0.3, -0.25) is 9.59 Å². The Kier molecular flexibility index (Phi) is 5.11. The molecule has 2 heterocycles. The summed E-state index contributed by atoms with van der Waals surface area (Å²) in [5.41, 5.74) is 1.62. The fourth-order valence-corrected chi connectivity index (χ4v) is 2.96. The molecule has 1 aliphatic rings. The van der Waals surface area contributed by atoms with Gasteiger partial charge in [-0.05, 0) is 38.0 Å². The van der Waals surface area contributed by atoms with E-state index in [4.69, 9.17) is 4.74 Å². The average Bonchev–Trinajstić information content (AvgIpc) is 3.03. The smallest absolute Gasteiger partial charge is 0.316 e. The lowest BCUT2D eigenvalue weighted by atomic mass is 10.00. The number of fused-ring (bicyclic) bond motifs is 4. The standard InChI is InChI=1S/C18H20FN3O3/c1-2-25-18(24)13-5-3-4-6-16(23)21-14-9-11(19)7-8-12(14)15-10-20-17(13)22-15/h7-10,13H,2-6H2,1H3,(H,20,22)(H,21,23). The topological polar surface area (TPSA) is 84.1 Å². The number of H-pyrrole nitrogens is 1. The number of hydrogen-bond donors (Lipinski definition) is 2. The van der Waals surface area contributed by atoms with Crippen LogP contribution in [0.15, 0.2) is 24.4 Å². The minimum absolute atomic E-state index is 0.181. The molecule has 0 saturated heterocycles. The van der Waals surface area contributed by atoms with Crippen LogP contribution in [0.4, 0.5) is 10.1 Å². The van der Waals surface area contributed by atoms with Gasteiger partial charge >= 0.3 is 5.97 Å². The Hall–Kier alpha value is -2.70. The SMILES string of the molecule is CCOC(=O)C1CCCCC(=O)Nc2cc(F)ccc2-c2cnc1[nH]2. The number of esters is 1. The van der Waals surface area contributed by atoms with Crippen molar-refractivity contribution in [1.29, 1.82) is 0 Å². The largest absolute Gasteiger partial charge is 0.465 e. The van der Waals surface area contributed by atoms with Crippen molar-refractivity contribution in [1.82, 2.24) is 9.97 Å². The van der Waals surface area contributed by atoms with Crippen LogP contribution in [0.5, 0.6) is 0 Å². The number of anilines is 1. The van der Waals surface area contributed by atoms with Crippen LogP contribution in [0.3, 0.4) is 0 Å². The molecule has 1 amide bonds. The van der Waals surface area contributed by atoms with Crippen LogP contribution in [-0.2, 0) is 14.3 Å². The monoisotopic (exact) mass is 345 g/mol. The zero-order valence-electron chi connectivity index (χ0n) is 14.0. The molecule has 0 radical (unpaired) electrons. The third-order valence-corrected chi connectivity index (χ3v) is 4.19. The van der Waals surface area contributed by atoms with Crippen LogP contribution in [0.1, 0.15) is 44.3 Å². The number of nitrogens with one attached hydrogen (secondary N) is 2. The lowest BCUT2D eigenvalue weighted by Crippen LogP contribution is -2.18. The van der Waals surface area contributed by atoms with E-state index in [0.717, 1.165) is 0 Å². The number of ether oxygens (including phenoxy) is 1. The number of imidazole rings is 1. The van der Waals surface area contributed by atoms with Gasteiger partial charge < -0.3 is 15.0 Å². The Bertz CT molecular complexity index is 788. The summed E-state index contributed by atoms with van der Waals surface area (Å²) < 4.78 is 18.7. The molecule has 0 aliphatic carbocycles. The Morgan fingerprint density at radius 3 is 3.04 bits per heavy atom. The molecule has 25 heavy (non-hydrogen) atoms. The molecule has 6 nitrogen and oxygen atoms in total. The number of aromatic amines is 1. The summed E-state index contributed by atoms with van der Waals surface area (Å²) in [6.45, 7) is 2.06. The Morgan fingerprint density at radius 2 is 2.24 bits per heavy atom. The summed E-state index contributed by atoms with van der Waals surface area (Å²) in [7, 11) is 0. The lowest BCUT2D eigenvalue weighted by molar-refractivity contribution is -0.145. The minimum atomic E-state index is -0.500. The van der Waals surface area contributed by atoms with Crippen LogP contribution in [-0.4, -0.2) is 28.5 Å². The first-order chi connectivity index (χ1) is 12.1. The van der Waals surface area contributed by atoms with Gasteiger partial charge in [0.05, 0.1) is 24.2 Å². The van der Waals surface area contributed by atoms with Crippen molar-refractivity contribution in [3.05, 3.63) is 36.0 Å². The molecule has 2 bridgehead atoms. The molecule has 1 unspecified atom stereocenters. The Morgan fingerprint density at radius 1 is 1.40 bits per heavy atom. The maximum atomic E-state index is 13.6. The Balaban J connectivity index is 2.02.